The first-order valence-electron chi connectivity index (χ1n) is 7.89. The van der Waals surface area contributed by atoms with Crippen molar-refractivity contribution in [2.24, 2.45) is 11.7 Å². The number of hydrogen-bond acceptors (Lipinski definition) is 3. The molecular weight excluding hydrogens is 357 g/mol. The van der Waals surface area contributed by atoms with Gasteiger partial charge in [0.15, 0.2) is 0 Å². The van der Waals surface area contributed by atoms with E-state index in [1.807, 2.05) is 6.92 Å². The molecule has 8 heteroatoms. The van der Waals surface area contributed by atoms with Crippen LogP contribution in [0.25, 0.3) is 0 Å². The van der Waals surface area contributed by atoms with Crippen LogP contribution in [-0.4, -0.2) is 24.4 Å². The predicted octanol–water partition coefficient (Wildman–Crippen LogP) is 3.82. The van der Waals surface area contributed by atoms with E-state index in [1.165, 1.54) is 24.3 Å². The highest BCUT2D eigenvalue weighted by atomic mass is 35.5. The third-order valence-corrected chi connectivity index (χ3v) is 3.55. The highest BCUT2D eigenvalue weighted by Gasteiger charge is 2.31. The zero-order valence-corrected chi connectivity index (χ0v) is 15.5. The summed E-state index contributed by atoms with van der Waals surface area (Å²) in [5.74, 6) is 0.00240. The molecule has 25 heavy (non-hydrogen) atoms. The standard InChI is InChI=1S/C17H25F3N2O2.ClH/c1-12(2)10-16(3,11-21)22-15(23)9-6-13-4-7-14(8-5-13)24-17(18,19)20;/h4-5,7-8,12H,6,9-11,21H2,1-3H3,(H,22,23);1H. The largest absolute Gasteiger partial charge is 0.573 e. The number of carbonyl (C=O) groups is 1. The monoisotopic (exact) mass is 382 g/mol. The number of hydrogen-bond donors (Lipinski definition) is 2. The van der Waals surface area contributed by atoms with E-state index in [0.29, 0.717) is 18.9 Å². The molecule has 1 rings (SSSR count). The van der Waals surface area contributed by atoms with Gasteiger partial charge in [-0.25, -0.2) is 0 Å². The topological polar surface area (TPSA) is 64.3 Å². The average Bonchev–Trinajstić information content (AvgIpc) is 2.44. The summed E-state index contributed by atoms with van der Waals surface area (Å²) >= 11 is 0. The number of benzene rings is 1. The van der Waals surface area contributed by atoms with Gasteiger partial charge in [0.1, 0.15) is 5.75 Å². The van der Waals surface area contributed by atoms with Gasteiger partial charge in [-0.15, -0.1) is 25.6 Å². The van der Waals surface area contributed by atoms with Crippen molar-refractivity contribution in [3.63, 3.8) is 0 Å². The van der Waals surface area contributed by atoms with Gasteiger partial charge < -0.3 is 15.8 Å². The fourth-order valence-corrected chi connectivity index (χ4v) is 2.60. The van der Waals surface area contributed by atoms with Crippen molar-refractivity contribution in [3.05, 3.63) is 29.8 Å². The van der Waals surface area contributed by atoms with Crippen LogP contribution in [0.3, 0.4) is 0 Å². The zero-order chi connectivity index (χ0) is 18.4. The summed E-state index contributed by atoms with van der Waals surface area (Å²) in [4.78, 5) is 12.1. The molecule has 0 saturated heterocycles. The number of rotatable bonds is 8. The first kappa shape index (κ1) is 23.5. The van der Waals surface area contributed by atoms with Crippen LogP contribution < -0.4 is 15.8 Å². The van der Waals surface area contributed by atoms with Crippen molar-refractivity contribution in [2.45, 2.75) is 51.9 Å². The number of carbonyl (C=O) groups excluding carboxylic acids is 1. The van der Waals surface area contributed by atoms with Gasteiger partial charge in [0, 0.05) is 18.5 Å². The van der Waals surface area contributed by atoms with E-state index in [1.54, 1.807) is 0 Å². The van der Waals surface area contributed by atoms with E-state index in [0.717, 1.165) is 12.0 Å². The Bertz CT molecular complexity index is 536. The maximum Gasteiger partial charge on any atom is 0.573 e. The molecule has 1 aromatic carbocycles. The summed E-state index contributed by atoms with van der Waals surface area (Å²) in [6.07, 6.45) is -3.25. The lowest BCUT2D eigenvalue weighted by Crippen LogP contribution is -2.52. The Hall–Kier alpha value is -1.47. The van der Waals surface area contributed by atoms with Gasteiger partial charge in [0.25, 0.3) is 0 Å². The molecule has 1 atom stereocenters. The molecule has 0 aliphatic rings. The Balaban J connectivity index is 0.00000576. The number of aryl methyl sites for hydroxylation is 1. The number of alkyl halides is 3. The molecular formula is C17H26ClF3N2O2. The summed E-state index contributed by atoms with van der Waals surface area (Å²) < 4.78 is 40.1. The van der Waals surface area contributed by atoms with Crippen molar-refractivity contribution in [1.29, 1.82) is 0 Å². The van der Waals surface area contributed by atoms with E-state index in [2.05, 4.69) is 23.9 Å². The lowest BCUT2D eigenvalue weighted by atomic mass is 9.90. The van der Waals surface area contributed by atoms with Crippen molar-refractivity contribution >= 4 is 18.3 Å². The lowest BCUT2D eigenvalue weighted by Gasteiger charge is -2.31. The molecule has 3 N–H and O–H groups in total. The number of halogens is 4. The van der Waals surface area contributed by atoms with Crippen LogP contribution in [0.2, 0.25) is 0 Å². The van der Waals surface area contributed by atoms with Crippen LogP contribution in [0.4, 0.5) is 13.2 Å². The second-order valence-electron chi connectivity index (χ2n) is 6.60. The van der Waals surface area contributed by atoms with Crippen LogP contribution in [-0.2, 0) is 11.2 Å². The second kappa shape index (κ2) is 9.87. The molecule has 1 aromatic rings. The maximum absolute atomic E-state index is 12.1. The molecule has 0 radical (unpaired) electrons. The summed E-state index contributed by atoms with van der Waals surface area (Å²) in [7, 11) is 0. The number of ether oxygens (including phenoxy) is 1. The Labute approximate surface area is 152 Å². The summed E-state index contributed by atoms with van der Waals surface area (Å²) in [5, 5.41) is 2.95. The summed E-state index contributed by atoms with van der Waals surface area (Å²) in [5.41, 5.74) is 6.07. The molecule has 0 bridgehead atoms. The average molecular weight is 383 g/mol. The van der Waals surface area contributed by atoms with Crippen molar-refractivity contribution in [2.75, 3.05) is 6.54 Å². The molecule has 0 fully saturated rings. The third-order valence-electron chi connectivity index (χ3n) is 3.55. The molecule has 4 nitrogen and oxygen atoms in total. The van der Waals surface area contributed by atoms with Gasteiger partial charge in [0.2, 0.25) is 5.91 Å². The van der Waals surface area contributed by atoms with Crippen LogP contribution in [0.5, 0.6) is 5.75 Å². The fourth-order valence-electron chi connectivity index (χ4n) is 2.60. The van der Waals surface area contributed by atoms with Crippen LogP contribution in [0.1, 0.15) is 39.2 Å². The third kappa shape index (κ3) is 9.55. The Kier molecular flexibility index (Phi) is 9.29. The first-order chi connectivity index (χ1) is 11.0. The molecule has 0 aliphatic carbocycles. The number of nitrogens with two attached hydrogens (primary N) is 1. The minimum atomic E-state index is -4.70. The van der Waals surface area contributed by atoms with E-state index in [4.69, 9.17) is 5.73 Å². The van der Waals surface area contributed by atoms with E-state index in [-0.39, 0.29) is 30.5 Å². The van der Waals surface area contributed by atoms with Crippen molar-refractivity contribution < 1.29 is 22.7 Å². The summed E-state index contributed by atoms with van der Waals surface area (Å²) in [6, 6.07) is 5.52. The normalized spacial score (nSPS) is 13.8. The summed E-state index contributed by atoms with van der Waals surface area (Å²) in [6.45, 7) is 6.38. The Morgan fingerprint density at radius 3 is 2.24 bits per heavy atom. The van der Waals surface area contributed by atoms with Crippen molar-refractivity contribution in [1.82, 2.24) is 5.32 Å². The van der Waals surface area contributed by atoms with Gasteiger partial charge in [-0.2, -0.15) is 0 Å². The number of nitrogens with one attached hydrogen (secondary N) is 1. The predicted molar refractivity (Wildman–Crippen MR) is 93.8 cm³/mol. The zero-order valence-electron chi connectivity index (χ0n) is 14.7. The molecule has 0 spiro atoms. The molecule has 144 valence electrons. The highest BCUT2D eigenvalue weighted by Crippen LogP contribution is 2.23. The molecule has 0 saturated carbocycles. The van der Waals surface area contributed by atoms with Crippen LogP contribution in [0, 0.1) is 5.92 Å². The number of amides is 1. The van der Waals surface area contributed by atoms with Gasteiger partial charge in [-0.3, -0.25) is 4.79 Å². The van der Waals surface area contributed by atoms with Crippen LogP contribution in [0.15, 0.2) is 24.3 Å². The van der Waals surface area contributed by atoms with Gasteiger partial charge >= 0.3 is 6.36 Å². The molecule has 0 heterocycles. The van der Waals surface area contributed by atoms with Crippen LogP contribution >= 0.6 is 12.4 Å². The maximum atomic E-state index is 12.1. The highest BCUT2D eigenvalue weighted by molar-refractivity contribution is 5.85. The Morgan fingerprint density at radius 2 is 1.80 bits per heavy atom. The molecule has 1 unspecified atom stereocenters. The lowest BCUT2D eigenvalue weighted by molar-refractivity contribution is -0.274. The molecule has 1 amide bonds. The van der Waals surface area contributed by atoms with Gasteiger partial charge in [0.05, 0.1) is 0 Å². The molecule has 0 aliphatic heterocycles. The van der Waals surface area contributed by atoms with Crippen molar-refractivity contribution in [3.8, 4) is 5.75 Å². The first-order valence-corrected chi connectivity index (χ1v) is 7.89. The molecule has 0 aromatic heterocycles. The van der Waals surface area contributed by atoms with Gasteiger partial charge in [-0.05, 0) is 43.4 Å². The quantitative estimate of drug-likeness (QED) is 0.718. The smallest absolute Gasteiger partial charge is 0.406 e. The van der Waals surface area contributed by atoms with E-state index >= 15 is 0 Å². The minimum Gasteiger partial charge on any atom is -0.406 e. The van der Waals surface area contributed by atoms with E-state index in [9.17, 15) is 18.0 Å². The minimum absolute atomic E-state index is 0. The second-order valence-corrected chi connectivity index (χ2v) is 6.60. The van der Waals surface area contributed by atoms with E-state index < -0.39 is 11.9 Å². The SMILES string of the molecule is CC(C)CC(C)(CN)NC(=O)CCc1ccc(OC(F)(F)F)cc1.Cl. The Morgan fingerprint density at radius 1 is 1.24 bits per heavy atom. The fraction of sp³-hybridized carbons (Fsp3) is 0.588. The van der Waals surface area contributed by atoms with Gasteiger partial charge in [-0.1, -0.05) is 26.0 Å².